The molecule has 0 aliphatic carbocycles. The number of pyridine rings is 1. The molecule has 0 saturated carbocycles. The standard InChI is InChI=1S/C20H21N7OS/c1-11-12(2)29-19-15(11)18(22-16(23-19)14-4-3-7-21-10-14)27-8-5-13(6-9-27)17-24-20(28)26-25-17/h3-4,7,10,13H,5-6,8-9H2,1-2H3,(H2,24,25,26,28). The average Bonchev–Trinajstić information content (AvgIpc) is 3.31. The molecule has 5 rings (SSSR count). The molecule has 1 aliphatic rings. The summed E-state index contributed by atoms with van der Waals surface area (Å²) in [7, 11) is 0. The van der Waals surface area contributed by atoms with Crippen LogP contribution < -0.4 is 10.6 Å². The Hall–Kier alpha value is -3.07. The number of aromatic amines is 2. The van der Waals surface area contributed by atoms with Crippen molar-refractivity contribution in [1.29, 1.82) is 0 Å². The van der Waals surface area contributed by atoms with Gasteiger partial charge in [-0.1, -0.05) is 0 Å². The van der Waals surface area contributed by atoms with Crippen LogP contribution in [-0.4, -0.2) is 43.2 Å². The number of hydrogen-bond acceptors (Lipinski definition) is 7. The Bertz CT molecular complexity index is 1220. The lowest BCUT2D eigenvalue weighted by atomic mass is 9.96. The molecular formula is C20H21N7OS. The van der Waals surface area contributed by atoms with Crippen molar-refractivity contribution < 1.29 is 0 Å². The Morgan fingerprint density at radius 3 is 2.72 bits per heavy atom. The molecule has 5 heterocycles. The molecule has 0 radical (unpaired) electrons. The van der Waals surface area contributed by atoms with Gasteiger partial charge in [0.05, 0.1) is 5.39 Å². The van der Waals surface area contributed by atoms with E-state index in [1.807, 2.05) is 12.1 Å². The van der Waals surface area contributed by atoms with E-state index in [4.69, 9.17) is 9.97 Å². The number of fused-ring (bicyclic) bond motifs is 1. The van der Waals surface area contributed by atoms with E-state index in [0.717, 1.165) is 53.4 Å². The third kappa shape index (κ3) is 3.21. The summed E-state index contributed by atoms with van der Waals surface area (Å²) >= 11 is 1.71. The highest BCUT2D eigenvalue weighted by Crippen LogP contribution is 2.38. The van der Waals surface area contributed by atoms with Gasteiger partial charge in [-0.15, -0.1) is 11.3 Å². The van der Waals surface area contributed by atoms with Gasteiger partial charge in [-0.2, -0.15) is 5.10 Å². The van der Waals surface area contributed by atoms with Crippen LogP contribution in [0.1, 0.15) is 35.0 Å². The van der Waals surface area contributed by atoms with Gasteiger partial charge in [0.25, 0.3) is 0 Å². The minimum absolute atomic E-state index is 0.245. The molecule has 0 atom stereocenters. The SMILES string of the molecule is Cc1sc2nc(-c3cccnc3)nc(N3CCC(c4n[nH]c(=O)[nH]4)CC3)c2c1C. The Labute approximate surface area is 171 Å². The first kappa shape index (κ1) is 18.0. The molecule has 2 N–H and O–H groups in total. The van der Waals surface area contributed by atoms with Gasteiger partial charge >= 0.3 is 5.69 Å². The second kappa shape index (κ2) is 7.07. The molecule has 9 heteroatoms. The normalized spacial score (nSPS) is 15.3. The third-order valence-electron chi connectivity index (χ3n) is 5.63. The van der Waals surface area contributed by atoms with Gasteiger partial charge in [0.2, 0.25) is 0 Å². The molecule has 148 valence electrons. The molecule has 8 nitrogen and oxygen atoms in total. The van der Waals surface area contributed by atoms with Crippen LogP contribution in [0.25, 0.3) is 21.6 Å². The van der Waals surface area contributed by atoms with Crippen molar-refractivity contribution in [1.82, 2.24) is 30.1 Å². The van der Waals surface area contributed by atoms with Crippen molar-refractivity contribution >= 4 is 27.4 Å². The van der Waals surface area contributed by atoms with Crippen LogP contribution in [0, 0.1) is 13.8 Å². The van der Waals surface area contributed by atoms with Crippen molar-refractivity contribution in [2.24, 2.45) is 0 Å². The number of nitrogens with zero attached hydrogens (tertiary/aromatic N) is 5. The predicted molar refractivity (Wildman–Crippen MR) is 114 cm³/mol. The Morgan fingerprint density at radius 2 is 2.03 bits per heavy atom. The second-order valence-electron chi connectivity index (χ2n) is 7.40. The first-order chi connectivity index (χ1) is 14.1. The summed E-state index contributed by atoms with van der Waals surface area (Å²) in [5.41, 5.74) is 1.92. The van der Waals surface area contributed by atoms with Crippen LogP contribution in [-0.2, 0) is 0 Å². The number of piperidine rings is 1. The summed E-state index contributed by atoms with van der Waals surface area (Å²) in [4.78, 5) is 32.8. The molecule has 29 heavy (non-hydrogen) atoms. The fourth-order valence-corrected chi connectivity index (χ4v) is 4.95. The molecule has 0 amide bonds. The molecule has 1 saturated heterocycles. The van der Waals surface area contributed by atoms with E-state index >= 15 is 0 Å². The highest BCUT2D eigenvalue weighted by Gasteiger charge is 2.27. The lowest BCUT2D eigenvalue weighted by Crippen LogP contribution is -2.34. The number of anilines is 1. The summed E-state index contributed by atoms with van der Waals surface area (Å²) in [6, 6.07) is 3.90. The van der Waals surface area contributed by atoms with E-state index in [2.05, 4.69) is 38.9 Å². The predicted octanol–water partition coefficient (Wildman–Crippen LogP) is 3.17. The number of aryl methyl sites for hydroxylation is 2. The highest BCUT2D eigenvalue weighted by molar-refractivity contribution is 7.18. The van der Waals surface area contributed by atoms with E-state index in [1.165, 1.54) is 10.4 Å². The average molecular weight is 408 g/mol. The summed E-state index contributed by atoms with van der Waals surface area (Å²) < 4.78 is 0. The zero-order chi connectivity index (χ0) is 20.0. The maximum absolute atomic E-state index is 11.4. The number of aromatic nitrogens is 6. The smallest absolute Gasteiger partial charge is 0.340 e. The third-order valence-corrected chi connectivity index (χ3v) is 6.73. The van der Waals surface area contributed by atoms with E-state index < -0.39 is 0 Å². The largest absolute Gasteiger partial charge is 0.356 e. The monoisotopic (exact) mass is 407 g/mol. The van der Waals surface area contributed by atoms with Crippen LogP contribution in [0.5, 0.6) is 0 Å². The first-order valence-electron chi connectivity index (χ1n) is 9.68. The van der Waals surface area contributed by atoms with E-state index in [9.17, 15) is 4.79 Å². The minimum Gasteiger partial charge on any atom is -0.356 e. The summed E-state index contributed by atoms with van der Waals surface area (Å²) in [5.74, 6) is 2.71. The summed E-state index contributed by atoms with van der Waals surface area (Å²) in [6.45, 7) is 5.99. The van der Waals surface area contributed by atoms with Crippen molar-refractivity contribution in [3.63, 3.8) is 0 Å². The molecule has 0 unspecified atom stereocenters. The summed E-state index contributed by atoms with van der Waals surface area (Å²) in [5, 5.41) is 7.73. The number of rotatable bonds is 3. The molecule has 0 spiro atoms. The minimum atomic E-state index is -0.245. The van der Waals surface area contributed by atoms with Gasteiger partial charge in [0.1, 0.15) is 16.5 Å². The van der Waals surface area contributed by atoms with Crippen molar-refractivity contribution in [3.8, 4) is 11.4 Å². The van der Waals surface area contributed by atoms with E-state index in [-0.39, 0.29) is 11.6 Å². The topological polar surface area (TPSA) is 103 Å². The number of hydrogen-bond donors (Lipinski definition) is 2. The van der Waals surface area contributed by atoms with Crippen LogP contribution in [0.4, 0.5) is 5.82 Å². The molecule has 0 aromatic carbocycles. The van der Waals surface area contributed by atoms with Crippen LogP contribution in [0.2, 0.25) is 0 Å². The Balaban J connectivity index is 1.53. The van der Waals surface area contributed by atoms with Crippen molar-refractivity contribution in [3.05, 3.63) is 51.3 Å². The lowest BCUT2D eigenvalue weighted by Gasteiger charge is -2.32. The van der Waals surface area contributed by atoms with Gasteiger partial charge in [0, 0.05) is 41.8 Å². The van der Waals surface area contributed by atoms with Crippen LogP contribution in [0.15, 0.2) is 29.3 Å². The van der Waals surface area contributed by atoms with Crippen molar-refractivity contribution in [2.75, 3.05) is 18.0 Å². The molecular weight excluding hydrogens is 386 g/mol. The van der Waals surface area contributed by atoms with Crippen LogP contribution in [0.3, 0.4) is 0 Å². The fourth-order valence-electron chi connectivity index (χ4n) is 3.92. The molecule has 4 aromatic heterocycles. The van der Waals surface area contributed by atoms with E-state index in [1.54, 1.807) is 23.7 Å². The quantitative estimate of drug-likeness (QED) is 0.541. The van der Waals surface area contributed by atoms with E-state index in [0.29, 0.717) is 5.82 Å². The maximum Gasteiger partial charge on any atom is 0.340 e. The van der Waals surface area contributed by atoms with Gasteiger partial charge in [-0.3, -0.25) is 9.97 Å². The Morgan fingerprint density at radius 1 is 1.21 bits per heavy atom. The summed E-state index contributed by atoms with van der Waals surface area (Å²) in [6.07, 6.45) is 5.39. The zero-order valence-corrected chi connectivity index (χ0v) is 17.1. The number of H-pyrrole nitrogens is 2. The van der Waals surface area contributed by atoms with Gasteiger partial charge in [-0.25, -0.2) is 19.9 Å². The molecule has 4 aromatic rings. The zero-order valence-electron chi connectivity index (χ0n) is 16.3. The highest BCUT2D eigenvalue weighted by atomic mass is 32.1. The Kier molecular flexibility index (Phi) is 4.39. The molecule has 1 aliphatic heterocycles. The first-order valence-corrected chi connectivity index (χ1v) is 10.5. The molecule has 0 bridgehead atoms. The second-order valence-corrected chi connectivity index (χ2v) is 8.60. The maximum atomic E-state index is 11.4. The fraction of sp³-hybridized carbons (Fsp3) is 0.350. The van der Waals surface area contributed by atoms with Gasteiger partial charge < -0.3 is 4.90 Å². The molecule has 1 fully saturated rings. The van der Waals surface area contributed by atoms with Crippen molar-refractivity contribution in [2.45, 2.75) is 32.6 Å². The van der Waals surface area contributed by atoms with Gasteiger partial charge in [0.15, 0.2) is 5.82 Å². The number of thiophene rings is 1. The van der Waals surface area contributed by atoms with Gasteiger partial charge in [-0.05, 0) is 44.4 Å². The number of nitrogens with one attached hydrogen (secondary N) is 2. The van der Waals surface area contributed by atoms with Crippen LogP contribution >= 0.6 is 11.3 Å². The lowest BCUT2D eigenvalue weighted by molar-refractivity contribution is 0.485.